The molecule has 154 valence electrons. The third-order valence-electron chi connectivity index (χ3n) is 4.81. The van der Waals surface area contributed by atoms with E-state index in [1.165, 1.54) is 0 Å². The highest BCUT2D eigenvalue weighted by Gasteiger charge is 2.25. The Morgan fingerprint density at radius 1 is 1.00 bits per heavy atom. The second-order valence-electron chi connectivity index (χ2n) is 6.98. The van der Waals surface area contributed by atoms with Gasteiger partial charge in [-0.2, -0.15) is 5.11 Å². The maximum Gasteiger partial charge on any atom is 0.274 e. The van der Waals surface area contributed by atoms with Crippen molar-refractivity contribution in [2.24, 2.45) is 15.2 Å². The predicted molar refractivity (Wildman–Crippen MR) is 112 cm³/mol. The van der Waals surface area contributed by atoms with Crippen LogP contribution in [0, 0.1) is 0 Å². The summed E-state index contributed by atoms with van der Waals surface area (Å²) in [4.78, 5) is 19.0. The molecule has 5 N–H and O–H groups in total. The lowest BCUT2D eigenvalue weighted by Gasteiger charge is -2.09. The van der Waals surface area contributed by atoms with E-state index in [4.69, 9.17) is 0 Å². The summed E-state index contributed by atoms with van der Waals surface area (Å²) in [5.74, 6) is -0.422. The van der Waals surface area contributed by atoms with Crippen LogP contribution in [0.5, 0.6) is 5.88 Å². The smallest absolute Gasteiger partial charge is 0.274 e. The van der Waals surface area contributed by atoms with Gasteiger partial charge in [0.2, 0.25) is 5.88 Å². The number of hydrogen-bond acceptors (Lipinski definition) is 7. The number of azo groups is 1. The van der Waals surface area contributed by atoms with E-state index in [2.05, 4.69) is 25.5 Å². The number of amides is 1. The SMILES string of the molecule is O=C1Nc2ccccc2C1=NCC(O)CCC(O)N=Nc1c(O)[nH]c2ccccc12. The zero-order chi connectivity index (χ0) is 21.1. The van der Waals surface area contributed by atoms with Crippen molar-refractivity contribution in [3.8, 4) is 5.88 Å². The van der Waals surface area contributed by atoms with Gasteiger partial charge in [-0.05, 0) is 25.0 Å². The molecule has 0 bridgehead atoms. The minimum absolute atomic E-state index is 0.0319. The number of anilines is 1. The molecule has 2 aromatic carbocycles. The van der Waals surface area contributed by atoms with Crippen molar-refractivity contribution in [1.82, 2.24) is 4.98 Å². The molecule has 30 heavy (non-hydrogen) atoms. The molecule has 0 spiro atoms. The molecular weight excluding hydrogens is 386 g/mol. The van der Waals surface area contributed by atoms with Gasteiger partial charge in [0.25, 0.3) is 5.91 Å². The number of aliphatic hydroxyl groups is 2. The standard InChI is InChI=1S/C21H21N5O4/c27-12(11-22-18-13-5-1-3-7-15(13)23-20(18)29)9-10-17(28)25-26-19-14-6-2-4-8-16(14)24-21(19)30/h1-8,12,17,24,27-28,30H,9-11H2,(H,22,23,29). The van der Waals surface area contributed by atoms with Crippen LogP contribution in [0.2, 0.25) is 0 Å². The summed E-state index contributed by atoms with van der Waals surface area (Å²) in [6, 6.07) is 14.4. The molecule has 1 aliphatic rings. The van der Waals surface area contributed by atoms with Crippen LogP contribution >= 0.6 is 0 Å². The third-order valence-corrected chi connectivity index (χ3v) is 4.81. The molecule has 9 heteroatoms. The van der Waals surface area contributed by atoms with Gasteiger partial charge in [0, 0.05) is 10.9 Å². The summed E-state index contributed by atoms with van der Waals surface area (Å²) >= 11 is 0. The molecule has 2 atom stereocenters. The fourth-order valence-electron chi connectivity index (χ4n) is 3.29. The first-order valence-corrected chi connectivity index (χ1v) is 9.55. The van der Waals surface area contributed by atoms with Gasteiger partial charge >= 0.3 is 0 Å². The van der Waals surface area contributed by atoms with Crippen molar-refractivity contribution in [3.63, 3.8) is 0 Å². The number of benzene rings is 2. The number of para-hydroxylation sites is 2. The molecule has 9 nitrogen and oxygen atoms in total. The van der Waals surface area contributed by atoms with Gasteiger partial charge in [-0.15, -0.1) is 5.11 Å². The summed E-state index contributed by atoms with van der Waals surface area (Å²) in [6.07, 6.45) is -1.61. The van der Waals surface area contributed by atoms with Gasteiger partial charge in [-0.3, -0.25) is 9.79 Å². The molecule has 0 fully saturated rings. The third kappa shape index (κ3) is 4.07. The maximum atomic E-state index is 12.0. The molecule has 2 unspecified atom stereocenters. The second-order valence-corrected chi connectivity index (χ2v) is 6.98. The summed E-state index contributed by atoms with van der Waals surface area (Å²) in [7, 11) is 0. The number of fused-ring (bicyclic) bond motifs is 2. The Hall–Kier alpha value is -3.56. The van der Waals surface area contributed by atoms with E-state index < -0.39 is 12.3 Å². The Kier molecular flexibility index (Phi) is 5.55. The van der Waals surface area contributed by atoms with E-state index in [0.29, 0.717) is 27.9 Å². The molecular formula is C21H21N5O4. The highest BCUT2D eigenvalue weighted by molar-refractivity contribution is 6.53. The minimum atomic E-state index is -1.14. The fourth-order valence-corrected chi connectivity index (χ4v) is 3.29. The zero-order valence-electron chi connectivity index (χ0n) is 16.0. The van der Waals surface area contributed by atoms with E-state index in [1.54, 1.807) is 24.3 Å². The van der Waals surface area contributed by atoms with Gasteiger partial charge in [-0.1, -0.05) is 36.4 Å². The van der Waals surface area contributed by atoms with Crippen molar-refractivity contribution in [2.45, 2.75) is 25.2 Å². The van der Waals surface area contributed by atoms with Crippen LogP contribution in [-0.4, -0.2) is 50.8 Å². The predicted octanol–water partition coefficient (Wildman–Crippen LogP) is 2.86. The van der Waals surface area contributed by atoms with Crippen LogP contribution in [0.4, 0.5) is 11.4 Å². The van der Waals surface area contributed by atoms with Crippen LogP contribution in [0.15, 0.2) is 63.8 Å². The monoisotopic (exact) mass is 407 g/mol. The molecule has 1 aromatic heterocycles. The molecule has 0 aliphatic carbocycles. The van der Waals surface area contributed by atoms with Crippen molar-refractivity contribution in [2.75, 3.05) is 11.9 Å². The Labute approximate surface area is 171 Å². The summed E-state index contributed by atoms with van der Waals surface area (Å²) in [5.41, 5.74) is 2.67. The molecule has 3 aromatic rings. The Morgan fingerprint density at radius 3 is 2.63 bits per heavy atom. The number of aromatic nitrogens is 1. The average molecular weight is 407 g/mol. The Bertz CT molecular complexity index is 1140. The lowest BCUT2D eigenvalue weighted by atomic mass is 10.1. The van der Waals surface area contributed by atoms with Gasteiger partial charge in [0.1, 0.15) is 5.71 Å². The van der Waals surface area contributed by atoms with E-state index in [0.717, 1.165) is 0 Å². The number of carbonyl (C=O) groups is 1. The van der Waals surface area contributed by atoms with Crippen LogP contribution in [0.1, 0.15) is 18.4 Å². The lowest BCUT2D eigenvalue weighted by molar-refractivity contribution is -0.110. The maximum absolute atomic E-state index is 12.0. The van der Waals surface area contributed by atoms with Crippen molar-refractivity contribution in [1.29, 1.82) is 0 Å². The average Bonchev–Trinajstić information content (AvgIpc) is 3.24. The number of nitrogens with zero attached hydrogens (tertiary/aromatic N) is 3. The van der Waals surface area contributed by atoms with Crippen LogP contribution in [-0.2, 0) is 4.79 Å². The number of rotatable bonds is 7. The van der Waals surface area contributed by atoms with Crippen molar-refractivity contribution >= 4 is 33.9 Å². The van der Waals surface area contributed by atoms with Gasteiger partial charge in [0.05, 0.1) is 23.9 Å². The lowest BCUT2D eigenvalue weighted by Crippen LogP contribution is -2.19. The normalized spacial score (nSPS) is 16.9. The van der Waals surface area contributed by atoms with Gasteiger partial charge in [-0.25, -0.2) is 0 Å². The van der Waals surface area contributed by atoms with E-state index in [-0.39, 0.29) is 36.9 Å². The van der Waals surface area contributed by atoms with Gasteiger partial charge < -0.3 is 25.6 Å². The minimum Gasteiger partial charge on any atom is -0.493 e. The number of aromatic hydroxyl groups is 1. The second kappa shape index (κ2) is 8.44. The largest absolute Gasteiger partial charge is 0.493 e. The first kappa shape index (κ1) is 19.7. The highest BCUT2D eigenvalue weighted by Crippen LogP contribution is 2.35. The fraction of sp³-hybridized carbons (Fsp3) is 0.238. The molecule has 0 radical (unpaired) electrons. The number of nitrogens with one attached hydrogen (secondary N) is 2. The quantitative estimate of drug-likeness (QED) is 0.384. The first-order chi connectivity index (χ1) is 14.5. The topological polar surface area (TPSA) is 143 Å². The highest BCUT2D eigenvalue weighted by atomic mass is 16.3. The van der Waals surface area contributed by atoms with Crippen LogP contribution in [0.25, 0.3) is 10.9 Å². The zero-order valence-corrected chi connectivity index (χ0v) is 16.0. The van der Waals surface area contributed by atoms with Gasteiger partial charge in [0.15, 0.2) is 11.9 Å². The summed E-state index contributed by atoms with van der Waals surface area (Å²) in [5, 5.41) is 41.3. The van der Waals surface area contributed by atoms with Crippen LogP contribution in [0.3, 0.4) is 0 Å². The molecule has 4 rings (SSSR count). The first-order valence-electron chi connectivity index (χ1n) is 9.55. The van der Waals surface area contributed by atoms with Crippen LogP contribution < -0.4 is 5.32 Å². The molecule has 1 amide bonds. The molecule has 1 aliphatic heterocycles. The number of aliphatic imine (C=N–C) groups is 1. The Morgan fingerprint density at radius 2 is 1.77 bits per heavy atom. The number of aromatic amines is 1. The summed E-state index contributed by atoms with van der Waals surface area (Å²) in [6.45, 7) is 0.0319. The van der Waals surface area contributed by atoms with E-state index in [9.17, 15) is 20.1 Å². The summed E-state index contributed by atoms with van der Waals surface area (Å²) < 4.78 is 0. The molecule has 0 saturated carbocycles. The molecule has 0 saturated heterocycles. The number of H-pyrrole nitrogens is 1. The number of aliphatic hydroxyl groups excluding tert-OH is 2. The number of hydrogen-bond donors (Lipinski definition) is 5. The Balaban J connectivity index is 1.33. The number of carbonyl (C=O) groups excluding carboxylic acids is 1. The van der Waals surface area contributed by atoms with E-state index >= 15 is 0 Å². The molecule has 2 heterocycles. The van der Waals surface area contributed by atoms with Crippen molar-refractivity contribution in [3.05, 3.63) is 54.1 Å². The van der Waals surface area contributed by atoms with Crippen molar-refractivity contribution < 1.29 is 20.1 Å². The van der Waals surface area contributed by atoms with E-state index in [1.807, 2.05) is 24.3 Å².